The summed E-state index contributed by atoms with van der Waals surface area (Å²) in [6.07, 6.45) is 7.08. The summed E-state index contributed by atoms with van der Waals surface area (Å²) in [7, 11) is 1.61. The van der Waals surface area contributed by atoms with Gasteiger partial charge in [-0.2, -0.15) is 5.26 Å². The largest absolute Gasteiger partial charge is 0.497 e. The summed E-state index contributed by atoms with van der Waals surface area (Å²) in [4.78, 5) is 13.7. The average Bonchev–Trinajstić information content (AvgIpc) is 2.79. The van der Waals surface area contributed by atoms with Crippen LogP contribution in [0.15, 0.2) is 48.9 Å². The van der Waals surface area contributed by atoms with E-state index in [4.69, 9.17) is 27.3 Å². The Morgan fingerprint density at radius 3 is 2.69 bits per heavy atom. The van der Waals surface area contributed by atoms with E-state index in [1.807, 2.05) is 12.1 Å². The minimum atomic E-state index is 0.143. The van der Waals surface area contributed by atoms with Crippen molar-refractivity contribution in [1.29, 1.82) is 5.26 Å². The summed E-state index contributed by atoms with van der Waals surface area (Å²) in [6, 6.07) is 7.79. The van der Waals surface area contributed by atoms with Gasteiger partial charge in [0.05, 0.1) is 23.9 Å². The predicted octanol–water partition coefficient (Wildman–Crippen LogP) is 4.00. The number of hydrogen-bond donors (Lipinski definition) is 1. The number of nitrogen functional groups attached to an aromatic ring is 1. The van der Waals surface area contributed by atoms with Crippen LogP contribution in [0.5, 0.6) is 5.75 Å². The monoisotopic (exact) mass is 450 g/mol. The third-order valence-electron chi connectivity index (χ3n) is 6.17. The molecule has 0 saturated carbocycles. The lowest BCUT2D eigenvalue weighted by Gasteiger charge is -2.42. The fourth-order valence-electron chi connectivity index (χ4n) is 4.16. The quantitative estimate of drug-likeness (QED) is 0.525. The maximum Gasteiger partial charge on any atom is 0.150 e. The molecule has 3 heterocycles. The highest BCUT2D eigenvalue weighted by atomic mass is 35.5. The van der Waals surface area contributed by atoms with Gasteiger partial charge in [-0.1, -0.05) is 18.2 Å². The van der Waals surface area contributed by atoms with E-state index in [9.17, 15) is 0 Å². The van der Waals surface area contributed by atoms with E-state index in [-0.39, 0.29) is 11.8 Å². The number of nitrogens with zero attached hydrogens (tertiary/aromatic N) is 5. The van der Waals surface area contributed by atoms with E-state index < -0.39 is 0 Å². The third kappa shape index (κ3) is 4.51. The minimum absolute atomic E-state index is 0.143. The van der Waals surface area contributed by atoms with Crippen LogP contribution in [0.3, 0.4) is 0 Å². The van der Waals surface area contributed by atoms with Crippen molar-refractivity contribution in [2.45, 2.75) is 18.8 Å². The Labute approximate surface area is 193 Å². The molecule has 2 N–H and O–H groups in total. The molecule has 0 radical (unpaired) electrons. The number of aromatic nitrogens is 2. The van der Waals surface area contributed by atoms with Crippen molar-refractivity contribution in [3.8, 4) is 11.8 Å². The smallest absolute Gasteiger partial charge is 0.150 e. The number of benzene rings is 1. The molecule has 2 aliphatic rings. The topological polar surface area (TPSA) is 91.3 Å². The molecule has 32 heavy (non-hydrogen) atoms. The standard InChI is InChI=1S/C24H27ClN6O/c1-16(11-21(25)20-12-19(32-2)3-4-22(20)27)31-14-18(15-31)23-24(29-8-7-28-23)30-9-5-17(13-26)6-10-30/h3-4,7-8,11-12,17-18H,1,5-6,9-10,14-15,27H2,2H3/b21-11+. The van der Waals surface area contributed by atoms with Crippen molar-refractivity contribution in [2.24, 2.45) is 5.92 Å². The van der Waals surface area contributed by atoms with E-state index in [1.54, 1.807) is 31.6 Å². The summed E-state index contributed by atoms with van der Waals surface area (Å²) in [5.74, 6) is 2.06. The summed E-state index contributed by atoms with van der Waals surface area (Å²) in [6.45, 7) is 7.47. The van der Waals surface area contributed by atoms with Crippen LogP contribution in [-0.2, 0) is 0 Å². The maximum atomic E-state index is 9.16. The number of halogens is 1. The normalized spacial score (nSPS) is 17.6. The Hall–Kier alpha value is -3.24. The molecule has 1 aromatic carbocycles. The average molecular weight is 451 g/mol. The van der Waals surface area contributed by atoms with Gasteiger partial charge < -0.3 is 20.3 Å². The summed E-state index contributed by atoms with van der Waals surface area (Å²) < 4.78 is 5.27. The molecule has 0 amide bonds. The highest BCUT2D eigenvalue weighted by Gasteiger charge is 2.33. The van der Waals surface area contributed by atoms with E-state index in [0.29, 0.717) is 16.5 Å². The number of likely N-dealkylation sites (tertiary alicyclic amines) is 1. The zero-order chi connectivity index (χ0) is 22.7. The zero-order valence-corrected chi connectivity index (χ0v) is 18.9. The summed E-state index contributed by atoms with van der Waals surface area (Å²) in [5.41, 5.74) is 9.24. The van der Waals surface area contributed by atoms with E-state index >= 15 is 0 Å². The SMILES string of the molecule is C=C(/C=C(/Cl)c1cc(OC)ccc1N)N1CC(c2nccnc2N2CCC(C#N)CC2)C1. The van der Waals surface area contributed by atoms with Crippen LogP contribution in [-0.4, -0.2) is 48.2 Å². The second kappa shape index (κ2) is 9.49. The van der Waals surface area contributed by atoms with Gasteiger partial charge in [0.1, 0.15) is 5.75 Å². The molecule has 4 rings (SSSR count). The number of methoxy groups -OCH3 is 1. The van der Waals surface area contributed by atoms with Crippen LogP contribution >= 0.6 is 11.6 Å². The molecule has 0 aliphatic carbocycles. The van der Waals surface area contributed by atoms with Gasteiger partial charge in [0, 0.05) is 67.4 Å². The lowest BCUT2D eigenvalue weighted by atomic mass is 9.93. The zero-order valence-electron chi connectivity index (χ0n) is 18.2. The van der Waals surface area contributed by atoms with Crippen LogP contribution in [0.25, 0.3) is 5.03 Å². The van der Waals surface area contributed by atoms with Crippen LogP contribution in [0.1, 0.15) is 30.0 Å². The number of hydrogen-bond acceptors (Lipinski definition) is 7. The molecule has 8 heteroatoms. The van der Waals surface area contributed by atoms with Crippen LogP contribution in [0.2, 0.25) is 0 Å². The molecule has 2 aliphatic heterocycles. The first-order valence-corrected chi connectivity index (χ1v) is 11.1. The number of anilines is 2. The summed E-state index contributed by atoms with van der Waals surface area (Å²) >= 11 is 6.55. The number of nitrogens with two attached hydrogens (primary N) is 1. The molecule has 0 spiro atoms. The van der Waals surface area contributed by atoms with Crippen LogP contribution in [0.4, 0.5) is 11.5 Å². The number of rotatable bonds is 6. The minimum Gasteiger partial charge on any atom is -0.497 e. The van der Waals surface area contributed by atoms with Gasteiger partial charge in [-0.25, -0.2) is 4.98 Å². The van der Waals surface area contributed by atoms with Crippen molar-refractivity contribution in [2.75, 3.05) is 43.9 Å². The molecular formula is C24H27ClN6O. The van der Waals surface area contributed by atoms with Crippen molar-refractivity contribution in [1.82, 2.24) is 14.9 Å². The summed E-state index contributed by atoms with van der Waals surface area (Å²) in [5, 5.41) is 9.68. The Balaban J connectivity index is 1.42. The van der Waals surface area contributed by atoms with Gasteiger partial charge >= 0.3 is 0 Å². The number of nitriles is 1. The van der Waals surface area contributed by atoms with Crippen LogP contribution in [0, 0.1) is 17.2 Å². The second-order valence-electron chi connectivity index (χ2n) is 8.19. The molecule has 0 bridgehead atoms. The maximum absolute atomic E-state index is 9.16. The first-order chi connectivity index (χ1) is 15.5. The van der Waals surface area contributed by atoms with E-state index in [0.717, 1.165) is 61.8 Å². The molecule has 166 valence electrons. The number of piperidine rings is 1. The van der Waals surface area contributed by atoms with Gasteiger partial charge in [-0.05, 0) is 37.1 Å². The van der Waals surface area contributed by atoms with Gasteiger partial charge in [0.2, 0.25) is 0 Å². The Bertz CT molecular complexity index is 1060. The molecule has 2 saturated heterocycles. The third-order valence-corrected chi connectivity index (χ3v) is 6.48. The Morgan fingerprint density at radius 1 is 1.28 bits per heavy atom. The highest BCUT2D eigenvalue weighted by molar-refractivity contribution is 6.49. The van der Waals surface area contributed by atoms with Crippen molar-refractivity contribution in [3.05, 3.63) is 60.2 Å². The number of allylic oxidation sites excluding steroid dienone is 1. The molecule has 2 fully saturated rings. The molecule has 0 unspecified atom stereocenters. The highest BCUT2D eigenvalue weighted by Crippen LogP contribution is 2.36. The van der Waals surface area contributed by atoms with Gasteiger partial charge in [-0.3, -0.25) is 4.98 Å². The van der Waals surface area contributed by atoms with Gasteiger partial charge in [-0.15, -0.1) is 0 Å². The molecular weight excluding hydrogens is 424 g/mol. The molecule has 1 aromatic heterocycles. The molecule has 0 atom stereocenters. The fraction of sp³-hybridized carbons (Fsp3) is 0.375. The van der Waals surface area contributed by atoms with Crippen molar-refractivity contribution >= 4 is 28.1 Å². The fourth-order valence-corrected chi connectivity index (χ4v) is 4.45. The van der Waals surface area contributed by atoms with Crippen LogP contribution < -0.4 is 15.4 Å². The first kappa shape index (κ1) is 22.0. The predicted molar refractivity (Wildman–Crippen MR) is 127 cm³/mol. The van der Waals surface area contributed by atoms with E-state index in [2.05, 4.69) is 32.4 Å². The second-order valence-corrected chi connectivity index (χ2v) is 8.60. The van der Waals surface area contributed by atoms with Crippen molar-refractivity contribution < 1.29 is 4.74 Å². The first-order valence-electron chi connectivity index (χ1n) is 10.7. The molecule has 7 nitrogen and oxygen atoms in total. The van der Waals surface area contributed by atoms with Gasteiger partial charge in [0.15, 0.2) is 5.82 Å². The lowest BCUT2D eigenvalue weighted by Crippen LogP contribution is -2.45. The lowest BCUT2D eigenvalue weighted by molar-refractivity contribution is 0.203. The van der Waals surface area contributed by atoms with Gasteiger partial charge in [0.25, 0.3) is 0 Å². The van der Waals surface area contributed by atoms with Crippen molar-refractivity contribution in [3.63, 3.8) is 0 Å². The van der Waals surface area contributed by atoms with E-state index in [1.165, 1.54) is 0 Å². The molecule has 2 aromatic rings. The Morgan fingerprint density at radius 2 is 2.00 bits per heavy atom. The Kier molecular flexibility index (Phi) is 6.52. The number of ether oxygens (including phenoxy) is 1.